The Balaban J connectivity index is 1.08. The maximum Gasteiger partial charge on any atom is 0.286 e. The van der Waals surface area contributed by atoms with Gasteiger partial charge in [-0.05, 0) is 55.7 Å². The molecule has 0 aliphatic heterocycles. The van der Waals surface area contributed by atoms with Gasteiger partial charge in [0.15, 0.2) is 13.2 Å². The van der Waals surface area contributed by atoms with Gasteiger partial charge in [0.25, 0.3) is 11.8 Å². The summed E-state index contributed by atoms with van der Waals surface area (Å²) in [6.07, 6.45) is 3.29. The van der Waals surface area contributed by atoms with Gasteiger partial charge in [-0.25, -0.2) is 0 Å². The van der Waals surface area contributed by atoms with E-state index in [1.54, 1.807) is 24.3 Å². The van der Waals surface area contributed by atoms with Crippen LogP contribution in [-0.2, 0) is 22.7 Å². The molecule has 178 valence electrons. The molecule has 0 spiro atoms. The molecule has 3 saturated carbocycles. The number of ether oxygens (including phenoxy) is 2. The van der Waals surface area contributed by atoms with E-state index in [2.05, 4.69) is 20.4 Å². The summed E-state index contributed by atoms with van der Waals surface area (Å²) in [5, 5.41) is 7.60. The average molecular weight is 491 g/mol. The number of hydrogen-bond acceptors (Lipinski definition) is 7. The van der Waals surface area contributed by atoms with Crippen molar-refractivity contribution in [1.29, 1.82) is 0 Å². The number of nitrogens with zero attached hydrogens (tertiary/aromatic N) is 3. The number of carbonyl (C=O) groups is 1. The Bertz CT molecular complexity index is 1180. The van der Waals surface area contributed by atoms with Crippen LogP contribution in [0.25, 0.3) is 0 Å². The Morgan fingerprint density at radius 2 is 1.85 bits per heavy atom. The number of amides is 1. The topological polar surface area (TPSA) is 99.4 Å². The van der Waals surface area contributed by atoms with E-state index in [0.29, 0.717) is 41.7 Å². The third-order valence-corrected chi connectivity index (χ3v) is 6.35. The Kier molecular flexibility index (Phi) is 5.43. The molecule has 2 heterocycles. The molecule has 3 aliphatic rings. The van der Waals surface area contributed by atoms with Crippen LogP contribution in [0.3, 0.4) is 0 Å². The minimum Gasteiger partial charge on any atom is -0.485 e. The van der Waals surface area contributed by atoms with Crippen molar-refractivity contribution in [2.75, 3.05) is 6.61 Å². The first kappa shape index (κ1) is 22.5. The lowest BCUT2D eigenvalue weighted by molar-refractivity contribution is -0.143. The number of benzene rings is 1. The summed E-state index contributed by atoms with van der Waals surface area (Å²) in [5.74, 6) is -1.42. The quantitative estimate of drug-likeness (QED) is 0.480. The smallest absolute Gasteiger partial charge is 0.286 e. The fraction of sp³-hybridized carbons (Fsp3) is 0.391. The van der Waals surface area contributed by atoms with Gasteiger partial charge in [-0.2, -0.15) is 13.8 Å². The number of nitrogens with one attached hydrogen (secondary N) is 1. The van der Waals surface area contributed by atoms with Crippen LogP contribution in [0.15, 0.2) is 47.1 Å². The molecule has 1 aromatic carbocycles. The first-order valence-corrected chi connectivity index (χ1v) is 11.0. The van der Waals surface area contributed by atoms with Gasteiger partial charge in [0.05, 0.1) is 11.6 Å². The molecule has 3 fully saturated rings. The highest BCUT2D eigenvalue weighted by molar-refractivity contribution is 6.30. The summed E-state index contributed by atoms with van der Waals surface area (Å²) in [7, 11) is 0. The van der Waals surface area contributed by atoms with E-state index in [-0.39, 0.29) is 41.5 Å². The van der Waals surface area contributed by atoms with Gasteiger partial charge in [-0.1, -0.05) is 16.8 Å². The molecule has 6 rings (SSSR count). The van der Waals surface area contributed by atoms with Crippen molar-refractivity contribution < 1.29 is 27.6 Å². The zero-order chi connectivity index (χ0) is 24.0. The Labute approximate surface area is 198 Å². The van der Waals surface area contributed by atoms with E-state index in [9.17, 15) is 13.6 Å². The molecule has 1 N–H and O–H groups in total. The number of alkyl halides is 2. The van der Waals surface area contributed by atoms with Crippen molar-refractivity contribution in [1.82, 2.24) is 20.4 Å². The van der Waals surface area contributed by atoms with E-state index in [1.807, 2.05) is 0 Å². The molecule has 0 unspecified atom stereocenters. The zero-order valence-electron chi connectivity index (χ0n) is 18.2. The first-order chi connectivity index (χ1) is 16.1. The second-order valence-electron chi connectivity index (χ2n) is 8.95. The molecule has 2 aromatic heterocycles. The highest BCUT2D eigenvalue weighted by Gasteiger charge is 2.72. The summed E-state index contributed by atoms with van der Waals surface area (Å²) in [5.41, 5.74) is -0.879. The molecule has 3 aliphatic carbocycles. The highest BCUT2D eigenvalue weighted by atomic mass is 35.5. The van der Waals surface area contributed by atoms with Crippen molar-refractivity contribution in [2.45, 2.75) is 49.7 Å². The summed E-state index contributed by atoms with van der Waals surface area (Å²) in [6, 6.07) is 9.54. The summed E-state index contributed by atoms with van der Waals surface area (Å²) < 4.78 is 42.9. The minimum absolute atomic E-state index is 0.173. The van der Waals surface area contributed by atoms with Crippen molar-refractivity contribution in [3.05, 3.63) is 65.0 Å². The molecule has 0 atom stereocenters. The molecular formula is C23H21ClF2N4O4. The lowest BCUT2D eigenvalue weighted by Gasteiger charge is -2.68. The van der Waals surface area contributed by atoms with Crippen LogP contribution < -0.4 is 14.8 Å². The van der Waals surface area contributed by atoms with Crippen molar-refractivity contribution in [3.63, 3.8) is 0 Å². The van der Waals surface area contributed by atoms with Gasteiger partial charge in [-0.3, -0.25) is 9.78 Å². The second kappa shape index (κ2) is 8.19. The van der Waals surface area contributed by atoms with E-state index < -0.39 is 5.92 Å². The van der Waals surface area contributed by atoms with Crippen LogP contribution in [0.2, 0.25) is 5.02 Å². The lowest BCUT2D eigenvalue weighted by atomic mass is 9.39. The monoisotopic (exact) mass is 490 g/mol. The van der Waals surface area contributed by atoms with Crippen LogP contribution in [0.4, 0.5) is 8.78 Å². The van der Waals surface area contributed by atoms with Crippen LogP contribution in [0.1, 0.15) is 43.6 Å². The molecule has 0 saturated heterocycles. The Morgan fingerprint density at radius 3 is 2.50 bits per heavy atom. The predicted octanol–water partition coefficient (Wildman–Crippen LogP) is 4.18. The SMILES string of the molecule is CC(F)(F)c1ccc(OCC(=O)NC23CC(c4nc(COc5ccc(Cl)cc5)no4)(C2)C3)cn1. The molecular weight excluding hydrogens is 470 g/mol. The molecule has 34 heavy (non-hydrogen) atoms. The standard InChI is InChI=1S/C23H21ClF2N4O4/c1-21(25,26)17-7-6-16(8-27-17)33-10-19(31)29-23-11-22(12-23,13-23)20-28-18(30-34-20)9-32-15-4-2-14(24)3-5-15/h2-8H,9-13H2,1H3,(H,29,31). The van der Waals surface area contributed by atoms with Gasteiger partial charge in [0.1, 0.15) is 17.2 Å². The molecule has 11 heteroatoms. The van der Waals surface area contributed by atoms with E-state index in [4.69, 9.17) is 25.6 Å². The Morgan fingerprint density at radius 1 is 1.15 bits per heavy atom. The third kappa shape index (κ3) is 4.42. The molecule has 8 nitrogen and oxygen atoms in total. The number of rotatable bonds is 9. The second-order valence-corrected chi connectivity index (χ2v) is 9.39. The average Bonchev–Trinajstić information content (AvgIpc) is 3.22. The number of pyridine rings is 1. The van der Waals surface area contributed by atoms with Crippen molar-refractivity contribution in [2.24, 2.45) is 0 Å². The van der Waals surface area contributed by atoms with Gasteiger partial charge in [-0.15, -0.1) is 0 Å². The first-order valence-electron chi connectivity index (χ1n) is 10.6. The maximum atomic E-state index is 13.2. The van der Waals surface area contributed by atoms with Gasteiger partial charge in [0, 0.05) is 17.5 Å². The zero-order valence-corrected chi connectivity index (χ0v) is 18.9. The minimum atomic E-state index is -3.03. The van der Waals surface area contributed by atoms with Crippen molar-refractivity contribution >= 4 is 17.5 Å². The van der Waals surface area contributed by atoms with Crippen molar-refractivity contribution in [3.8, 4) is 11.5 Å². The molecule has 2 bridgehead atoms. The highest BCUT2D eigenvalue weighted by Crippen LogP contribution is 2.67. The Hall–Kier alpha value is -3.27. The van der Waals surface area contributed by atoms with E-state index in [1.165, 1.54) is 18.3 Å². The van der Waals surface area contributed by atoms with E-state index in [0.717, 1.165) is 6.92 Å². The number of carbonyl (C=O) groups excluding carboxylic acids is 1. The predicted molar refractivity (Wildman–Crippen MR) is 116 cm³/mol. The van der Waals surface area contributed by atoms with Crippen LogP contribution in [0, 0.1) is 0 Å². The maximum absolute atomic E-state index is 13.2. The number of halogens is 3. The summed E-state index contributed by atoms with van der Waals surface area (Å²) in [4.78, 5) is 20.4. The fourth-order valence-electron chi connectivity index (χ4n) is 4.56. The molecule has 0 radical (unpaired) electrons. The van der Waals surface area contributed by atoms with Crippen LogP contribution in [0.5, 0.6) is 11.5 Å². The van der Waals surface area contributed by atoms with Gasteiger partial charge >= 0.3 is 0 Å². The number of hydrogen-bond donors (Lipinski definition) is 1. The van der Waals surface area contributed by atoms with Crippen LogP contribution >= 0.6 is 11.6 Å². The normalized spacial score (nSPS) is 22.9. The summed E-state index contributed by atoms with van der Waals surface area (Å²) in [6.45, 7) is 0.710. The van der Waals surface area contributed by atoms with Crippen LogP contribution in [-0.4, -0.2) is 33.2 Å². The summed E-state index contributed by atoms with van der Waals surface area (Å²) >= 11 is 5.86. The third-order valence-electron chi connectivity index (χ3n) is 6.09. The van der Waals surface area contributed by atoms with Gasteiger partial charge in [0.2, 0.25) is 11.7 Å². The largest absolute Gasteiger partial charge is 0.485 e. The number of aromatic nitrogens is 3. The van der Waals surface area contributed by atoms with E-state index >= 15 is 0 Å². The fourth-order valence-corrected chi connectivity index (χ4v) is 4.69. The molecule has 3 aromatic rings. The lowest BCUT2D eigenvalue weighted by Crippen LogP contribution is -2.77. The molecule has 1 amide bonds. The van der Waals surface area contributed by atoms with Gasteiger partial charge < -0.3 is 19.3 Å².